The van der Waals surface area contributed by atoms with Crippen LogP contribution in [0.3, 0.4) is 0 Å². The van der Waals surface area contributed by atoms with Crippen molar-refractivity contribution >= 4 is 27.3 Å². The van der Waals surface area contributed by atoms with Gasteiger partial charge in [0.15, 0.2) is 16.4 Å². The number of sulfone groups is 1. The van der Waals surface area contributed by atoms with Crippen LogP contribution in [-0.2, 0) is 14.6 Å². The standard InChI is InChI=1S/C19H21ClN2O3S/c20-16-12-26(24,25)13-17(16)22-18(23)11-21-19(14-7-3-1-4-8-14)15-9-5-2-6-10-15/h1-10,16-17,19,21H,11-13H2,(H,22,23)/p+1/t16-,17-/m1/s1. The van der Waals surface area contributed by atoms with Gasteiger partial charge in [-0.25, -0.2) is 8.42 Å². The van der Waals surface area contributed by atoms with Crippen LogP contribution < -0.4 is 10.6 Å². The molecule has 0 unspecified atom stereocenters. The molecule has 2 aromatic rings. The van der Waals surface area contributed by atoms with Crippen LogP contribution in [-0.4, -0.2) is 43.8 Å². The van der Waals surface area contributed by atoms with Crippen LogP contribution in [0.25, 0.3) is 0 Å². The Kier molecular flexibility index (Phi) is 5.96. The summed E-state index contributed by atoms with van der Waals surface area (Å²) < 4.78 is 23.3. The van der Waals surface area contributed by atoms with Crippen LogP contribution in [0.15, 0.2) is 60.7 Å². The van der Waals surface area contributed by atoms with Crippen molar-refractivity contribution in [1.82, 2.24) is 5.32 Å². The fourth-order valence-corrected chi connectivity index (χ4v) is 5.76. The number of hydrogen-bond acceptors (Lipinski definition) is 3. The van der Waals surface area contributed by atoms with E-state index in [-0.39, 0.29) is 30.0 Å². The Hall–Kier alpha value is -1.89. The van der Waals surface area contributed by atoms with Gasteiger partial charge in [0.05, 0.1) is 22.9 Å². The lowest BCUT2D eigenvalue weighted by molar-refractivity contribution is -0.676. The molecule has 26 heavy (non-hydrogen) atoms. The monoisotopic (exact) mass is 393 g/mol. The molecule has 0 aliphatic carbocycles. The lowest BCUT2D eigenvalue weighted by atomic mass is 9.99. The van der Waals surface area contributed by atoms with E-state index in [1.54, 1.807) is 0 Å². The van der Waals surface area contributed by atoms with Crippen LogP contribution in [0.2, 0.25) is 0 Å². The first-order valence-corrected chi connectivity index (χ1v) is 10.8. The second-order valence-corrected chi connectivity index (χ2v) is 9.22. The topological polar surface area (TPSA) is 79.8 Å². The Balaban J connectivity index is 1.66. The number of rotatable bonds is 6. The highest BCUT2D eigenvalue weighted by Crippen LogP contribution is 2.19. The smallest absolute Gasteiger partial charge is 0.275 e. The summed E-state index contributed by atoms with van der Waals surface area (Å²) in [6.45, 7) is 0.189. The van der Waals surface area contributed by atoms with Crippen LogP contribution in [0.1, 0.15) is 17.2 Å². The first kappa shape index (κ1) is 18.9. The van der Waals surface area contributed by atoms with Gasteiger partial charge in [-0.15, -0.1) is 11.6 Å². The third kappa shape index (κ3) is 4.84. The Labute approximate surface area is 158 Å². The zero-order valence-electron chi connectivity index (χ0n) is 14.2. The van der Waals surface area contributed by atoms with Gasteiger partial charge in [0.2, 0.25) is 0 Å². The van der Waals surface area contributed by atoms with E-state index < -0.39 is 21.3 Å². The molecular weight excluding hydrogens is 372 g/mol. The highest BCUT2D eigenvalue weighted by Gasteiger charge is 2.37. The van der Waals surface area contributed by atoms with Crippen molar-refractivity contribution in [3.05, 3.63) is 71.8 Å². The predicted molar refractivity (Wildman–Crippen MR) is 102 cm³/mol. The first-order chi connectivity index (χ1) is 12.4. The minimum Gasteiger partial charge on any atom is -0.346 e. The van der Waals surface area contributed by atoms with Gasteiger partial charge in [0.1, 0.15) is 6.04 Å². The van der Waals surface area contributed by atoms with Crippen LogP contribution in [0.4, 0.5) is 0 Å². The van der Waals surface area contributed by atoms with Gasteiger partial charge < -0.3 is 10.6 Å². The fraction of sp³-hybridized carbons (Fsp3) is 0.316. The summed E-state index contributed by atoms with van der Waals surface area (Å²) in [7, 11) is -3.16. The molecule has 0 radical (unpaired) electrons. The lowest BCUT2D eigenvalue weighted by Crippen LogP contribution is -2.88. The van der Waals surface area contributed by atoms with Crippen LogP contribution >= 0.6 is 11.6 Å². The molecule has 1 aliphatic rings. The summed E-state index contributed by atoms with van der Waals surface area (Å²) in [5, 5.41) is 4.15. The van der Waals surface area contributed by atoms with E-state index in [2.05, 4.69) is 5.32 Å². The second kappa shape index (κ2) is 8.20. The molecule has 3 N–H and O–H groups in total. The molecule has 1 aliphatic heterocycles. The molecule has 0 aromatic heterocycles. The van der Waals surface area contributed by atoms with E-state index in [4.69, 9.17) is 11.6 Å². The quantitative estimate of drug-likeness (QED) is 0.714. The summed E-state index contributed by atoms with van der Waals surface area (Å²) in [5.74, 6) is -0.386. The van der Waals surface area contributed by atoms with Gasteiger partial charge in [0.25, 0.3) is 5.91 Å². The molecule has 0 saturated carbocycles. The third-order valence-corrected chi connectivity index (χ3v) is 6.86. The SMILES string of the molecule is O=C(C[NH2+]C(c1ccccc1)c1ccccc1)N[C@@H]1CS(=O)(=O)C[C@H]1Cl. The number of nitrogens with one attached hydrogen (secondary N) is 1. The third-order valence-electron chi connectivity index (χ3n) is 4.49. The molecule has 2 aromatic carbocycles. The molecule has 0 bridgehead atoms. The van der Waals surface area contributed by atoms with Crippen molar-refractivity contribution in [3.8, 4) is 0 Å². The van der Waals surface area contributed by atoms with Crippen molar-refractivity contribution in [2.24, 2.45) is 0 Å². The first-order valence-electron chi connectivity index (χ1n) is 8.52. The fourth-order valence-electron chi connectivity index (χ4n) is 3.21. The zero-order valence-corrected chi connectivity index (χ0v) is 15.8. The van der Waals surface area contributed by atoms with Crippen molar-refractivity contribution in [2.45, 2.75) is 17.5 Å². The van der Waals surface area contributed by atoms with Gasteiger partial charge in [-0.1, -0.05) is 60.7 Å². The molecular formula is C19H22ClN2O3S+. The highest BCUT2D eigenvalue weighted by molar-refractivity contribution is 7.91. The number of benzene rings is 2. The normalized spacial score (nSPS) is 21.6. The Morgan fingerprint density at radius 1 is 1.04 bits per heavy atom. The molecule has 1 saturated heterocycles. The molecule has 1 amide bonds. The van der Waals surface area contributed by atoms with Gasteiger partial charge in [-0.2, -0.15) is 0 Å². The van der Waals surface area contributed by atoms with Gasteiger partial charge in [-0.05, 0) is 0 Å². The molecule has 3 rings (SSSR count). The summed E-state index contributed by atoms with van der Waals surface area (Å²) in [4.78, 5) is 12.3. The number of quaternary nitrogens is 1. The van der Waals surface area contributed by atoms with Crippen molar-refractivity contribution in [1.29, 1.82) is 0 Å². The van der Waals surface area contributed by atoms with E-state index >= 15 is 0 Å². The largest absolute Gasteiger partial charge is 0.346 e. The molecule has 1 heterocycles. The number of carbonyl (C=O) groups excluding carboxylic acids is 1. The molecule has 0 spiro atoms. The molecule has 1 fully saturated rings. The molecule has 5 nitrogen and oxygen atoms in total. The minimum absolute atomic E-state index is 0.0118. The number of halogens is 1. The van der Waals surface area contributed by atoms with E-state index in [0.717, 1.165) is 11.1 Å². The number of nitrogens with two attached hydrogens (primary N) is 1. The average molecular weight is 394 g/mol. The van der Waals surface area contributed by atoms with E-state index in [0.29, 0.717) is 0 Å². The lowest BCUT2D eigenvalue weighted by Gasteiger charge is -2.18. The van der Waals surface area contributed by atoms with Crippen molar-refractivity contribution in [3.63, 3.8) is 0 Å². The maximum Gasteiger partial charge on any atom is 0.275 e. The summed E-state index contributed by atoms with van der Waals surface area (Å²) in [6.07, 6.45) is 0. The molecule has 2 atom stereocenters. The Morgan fingerprint density at radius 3 is 2.04 bits per heavy atom. The maximum atomic E-state index is 12.3. The molecule has 138 valence electrons. The minimum atomic E-state index is -3.16. The van der Waals surface area contributed by atoms with E-state index in [1.807, 2.05) is 66.0 Å². The van der Waals surface area contributed by atoms with Crippen LogP contribution in [0.5, 0.6) is 0 Å². The van der Waals surface area contributed by atoms with Gasteiger partial charge in [-0.3, -0.25) is 4.79 Å². The van der Waals surface area contributed by atoms with E-state index in [1.165, 1.54) is 0 Å². The van der Waals surface area contributed by atoms with Gasteiger partial charge in [0, 0.05) is 11.1 Å². The number of amides is 1. The predicted octanol–water partition coefficient (Wildman–Crippen LogP) is 0.860. The summed E-state index contributed by atoms with van der Waals surface area (Å²) in [6, 6.07) is 19.4. The second-order valence-electron chi connectivity index (χ2n) is 6.51. The molecule has 7 heteroatoms. The number of carbonyl (C=O) groups is 1. The number of hydrogen-bond donors (Lipinski definition) is 2. The van der Waals surface area contributed by atoms with Crippen LogP contribution in [0, 0.1) is 0 Å². The highest BCUT2D eigenvalue weighted by atomic mass is 35.5. The maximum absolute atomic E-state index is 12.3. The average Bonchev–Trinajstić information content (AvgIpc) is 2.88. The summed E-state index contributed by atoms with van der Waals surface area (Å²) in [5.41, 5.74) is 2.20. The zero-order chi connectivity index (χ0) is 18.6. The Bertz CT molecular complexity index is 804. The summed E-state index contributed by atoms with van der Waals surface area (Å²) >= 11 is 6.06. The number of alkyl halides is 1. The van der Waals surface area contributed by atoms with E-state index in [9.17, 15) is 13.2 Å². The van der Waals surface area contributed by atoms with Gasteiger partial charge >= 0.3 is 0 Å². The Morgan fingerprint density at radius 2 is 1.58 bits per heavy atom. The van der Waals surface area contributed by atoms with Crippen molar-refractivity contribution in [2.75, 3.05) is 18.1 Å². The van der Waals surface area contributed by atoms with Crippen molar-refractivity contribution < 1.29 is 18.5 Å².